The summed E-state index contributed by atoms with van der Waals surface area (Å²) in [4.78, 5) is 0. The van der Waals surface area contributed by atoms with Gasteiger partial charge in [-0.05, 0) is 38.0 Å². The van der Waals surface area contributed by atoms with Crippen LogP contribution in [0.15, 0.2) is 37.0 Å². The molecule has 108 valence electrons. The molecule has 0 aliphatic carbocycles. The largest absolute Gasteiger partial charge is 0.400 e. The highest BCUT2D eigenvalue weighted by Crippen LogP contribution is 2.13. The summed E-state index contributed by atoms with van der Waals surface area (Å²) in [6, 6.07) is 0. The van der Waals surface area contributed by atoms with Crippen LogP contribution in [0.4, 0.5) is 0 Å². The Bertz CT molecular complexity index is 184. The second-order valence-corrected chi connectivity index (χ2v) is 3.57. The van der Waals surface area contributed by atoms with E-state index in [1.807, 2.05) is 0 Å². The first-order valence-electron chi connectivity index (χ1n) is 6.67. The molecule has 18 heavy (non-hydrogen) atoms. The van der Waals surface area contributed by atoms with Crippen molar-refractivity contribution in [3.8, 4) is 0 Å². The fraction of sp³-hybridized carbons (Fsp3) is 0.625. The van der Waals surface area contributed by atoms with Crippen molar-refractivity contribution in [3.05, 3.63) is 37.0 Å². The number of aliphatic hydroxyl groups is 2. The molecule has 0 spiro atoms. The van der Waals surface area contributed by atoms with Crippen molar-refractivity contribution in [2.75, 3.05) is 14.2 Å². The molecular formula is C16H32O2. The summed E-state index contributed by atoms with van der Waals surface area (Å²) >= 11 is 0. The van der Waals surface area contributed by atoms with Gasteiger partial charge in [0.25, 0.3) is 0 Å². The van der Waals surface area contributed by atoms with Crippen molar-refractivity contribution in [1.82, 2.24) is 0 Å². The monoisotopic (exact) mass is 256 g/mol. The van der Waals surface area contributed by atoms with E-state index in [4.69, 9.17) is 10.2 Å². The minimum Gasteiger partial charge on any atom is -0.400 e. The van der Waals surface area contributed by atoms with Crippen LogP contribution >= 0.6 is 0 Å². The number of hydrogen-bond acceptors (Lipinski definition) is 2. The predicted octanol–water partition coefficient (Wildman–Crippen LogP) is 4.11. The zero-order valence-electron chi connectivity index (χ0n) is 12.6. The fourth-order valence-corrected chi connectivity index (χ4v) is 1.36. The number of allylic oxidation sites excluding steroid dienone is 5. The summed E-state index contributed by atoms with van der Waals surface area (Å²) in [6.45, 7) is 8.22. The molecule has 0 aromatic carbocycles. The van der Waals surface area contributed by atoms with Crippen LogP contribution in [0.2, 0.25) is 0 Å². The molecule has 1 unspecified atom stereocenters. The Labute approximate surface area is 114 Å². The van der Waals surface area contributed by atoms with Crippen molar-refractivity contribution in [3.63, 3.8) is 0 Å². The van der Waals surface area contributed by atoms with Crippen LogP contribution in [0.3, 0.4) is 0 Å². The van der Waals surface area contributed by atoms with E-state index in [1.54, 1.807) is 0 Å². The second kappa shape index (κ2) is 25.1. The van der Waals surface area contributed by atoms with Gasteiger partial charge in [-0.15, -0.1) is 6.58 Å². The smallest absolute Gasteiger partial charge is 0.0319 e. The average molecular weight is 256 g/mol. The minimum absolute atomic E-state index is 0.652. The first-order valence-corrected chi connectivity index (χ1v) is 6.67. The summed E-state index contributed by atoms with van der Waals surface area (Å²) in [6.07, 6.45) is 17.0. The first-order chi connectivity index (χ1) is 8.85. The lowest BCUT2D eigenvalue weighted by Gasteiger charge is -2.07. The zero-order valence-corrected chi connectivity index (χ0v) is 12.6. The molecule has 0 saturated heterocycles. The summed E-state index contributed by atoms with van der Waals surface area (Å²) in [5.74, 6) is 0.652. The zero-order chi connectivity index (χ0) is 14.6. The third-order valence-corrected chi connectivity index (χ3v) is 2.28. The maximum absolute atomic E-state index is 7.00. The van der Waals surface area contributed by atoms with E-state index in [-0.39, 0.29) is 0 Å². The highest BCUT2D eigenvalue weighted by Gasteiger charge is 1.99. The van der Waals surface area contributed by atoms with Crippen LogP contribution in [-0.4, -0.2) is 24.4 Å². The van der Waals surface area contributed by atoms with E-state index < -0.39 is 0 Å². The molecule has 0 amide bonds. The topological polar surface area (TPSA) is 40.5 Å². The van der Waals surface area contributed by atoms with Crippen molar-refractivity contribution in [2.45, 2.75) is 46.0 Å². The number of rotatable bonds is 8. The Morgan fingerprint density at radius 3 is 1.83 bits per heavy atom. The summed E-state index contributed by atoms with van der Waals surface area (Å²) in [5, 5.41) is 14.0. The van der Waals surface area contributed by atoms with Gasteiger partial charge in [-0.1, -0.05) is 44.2 Å². The Balaban J connectivity index is -0.000000506. The van der Waals surface area contributed by atoms with E-state index in [1.165, 1.54) is 12.8 Å². The highest BCUT2D eigenvalue weighted by molar-refractivity contribution is 4.91. The quantitative estimate of drug-likeness (QED) is 0.642. The Hall–Kier alpha value is -0.860. The molecule has 0 aromatic rings. The minimum atomic E-state index is 0.652. The Morgan fingerprint density at radius 1 is 0.889 bits per heavy atom. The predicted molar refractivity (Wildman–Crippen MR) is 82.7 cm³/mol. The van der Waals surface area contributed by atoms with Gasteiger partial charge in [-0.25, -0.2) is 0 Å². The van der Waals surface area contributed by atoms with E-state index in [9.17, 15) is 0 Å². The van der Waals surface area contributed by atoms with E-state index >= 15 is 0 Å². The number of aliphatic hydroxyl groups excluding tert-OH is 2. The molecule has 0 aromatic heterocycles. The Morgan fingerprint density at radius 2 is 1.39 bits per heavy atom. The van der Waals surface area contributed by atoms with Gasteiger partial charge in [0, 0.05) is 14.2 Å². The third-order valence-electron chi connectivity index (χ3n) is 2.28. The molecule has 0 aliphatic heterocycles. The first kappa shape index (κ1) is 22.3. The second-order valence-electron chi connectivity index (χ2n) is 3.57. The Kier molecular flexibility index (Phi) is 31.1. The van der Waals surface area contributed by atoms with Crippen LogP contribution in [0.25, 0.3) is 0 Å². The summed E-state index contributed by atoms with van der Waals surface area (Å²) in [5.41, 5.74) is 0. The van der Waals surface area contributed by atoms with E-state index in [0.29, 0.717) is 5.92 Å². The number of hydrogen-bond donors (Lipinski definition) is 2. The average Bonchev–Trinajstić information content (AvgIpc) is 2.46. The molecular weight excluding hydrogens is 224 g/mol. The van der Waals surface area contributed by atoms with Crippen molar-refractivity contribution in [1.29, 1.82) is 0 Å². The molecule has 1 atom stereocenters. The van der Waals surface area contributed by atoms with Gasteiger partial charge < -0.3 is 10.2 Å². The van der Waals surface area contributed by atoms with Gasteiger partial charge >= 0.3 is 0 Å². The van der Waals surface area contributed by atoms with Crippen LogP contribution in [0, 0.1) is 5.92 Å². The SMILES string of the molecule is C=CC(C/C=C/CC)CC/C=C\CC.CO.CO. The van der Waals surface area contributed by atoms with Crippen molar-refractivity contribution >= 4 is 0 Å². The lowest BCUT2D eigenvalue weighted by molar-refractivity contribution is 0.399. The lowest BCUT2D eigenvalue weighted by Crippen LogP contribution is -1.93. The van der Waals surface area contributed by atoms with Gasteiger partial charge in [0.15, 0.2) is 0 Å². The van der Waals surface area contributed by atoms with E-state index in [0.717, 1.165) is 33.5 Å². The molecule has 2 heteroatoms. The van der Waals surface area contributed by atoms with Crippen molar-refractivity contribution < 1.29 is 10.2 Å². The molecule has 0 heterocycles. The standard InChI is InChI=1S/C14H24.2CH4O/c1-4-7-9-11-13-14(6-3)12-10-8-5-2;2*1-2/h6-10,14H,3-5,11-13H2,1-2H3;2*2H,1H3/b9-7-,10-8+;;. The molecule has 0 rings (SSSR count). The molecule has 0 fully saturated rings. The fourth-order valence-electron chi connectivity index (χ4n) is 1.36. The van der Waals surface area contributed by atoms with E-state index in [2.05, 4.69) is 50.8 Å². The molecule has 0 bridgehead atoms. The van der Waals surface area contributed by atoms with Crippen LogP contribution < -0.4 is 0 Å². The van der Waals surface area contributed by atoms with Gasteiger partial charge in [0.1, 0.15) is 0 Å². The molecule has 0 aliphatic rings. The van der Waals surface area contributed by atoms with Crippen LogP contribution in [0.5, 0.6) is 0 Å². The lowest BCUT2D eigenvalue weighted by atomic mass is 9.99. The third kappa shape index (κ3) is 20.5. The molecule has 2 nitrogen and oxygen atoms in total. The molecule has 2 N–H and O–H groups in total. The highest BCUT2D eigenvalue weighted by atomic mass is 16.2. The normalized spacial score (nSPS) is 11.4. The maximum atomic E-state index is 7.00. The van der Waals surface area contributed by atoms with Gasteiger partial charge in [-0.3, -0.25) is 0 Å². The summed E-state index contributed by atoms with van der Waals surface area (Å²) in [7, 11) is 2.00. The van der Waals surface area contributed by atoms with Gasteiger partial charge in [0.2, 0.25) is 0 Å². The van der Waals surface area contributed by atoms with Gasteiger partial charge in [0.05, 0.1) is 0 Å². The van der Waals surface area contributed by atoms with Gasteiger partial charge in [-0.2, -0.15) is 0 Å². The van der Waals surface area contributed by atoms with Crippen molar-refractivity contribution in [2.24, 2.45) is 5.92 Å². The van der Waals surface area contributed by atoms with Crippen LogP contribution in [0.1, 0.15) is 46.0 Å². The van der Waals surface area contributed by atoms with Crippen LogP contribution in [-0.2, 0) is 0 Å². The molecule has 0 radical (unpaired) electrons. The summed E-state index contributed by atoms with van der Waals surface area (Å²) < 4.78 is 0. The molecule has 0 saturated carbocycles. The maximum Gasteiger partial charge on any atom is 0.0319 e.